The van der Waals surface area contributed by atoms with E-state index in [4.69, 9.17) is 9.84 Å². The van der Waals surface area contributed by atoms with E-state index in [9.17, 15) is 9.90 Å². The molecule has 5 nitrogen and oxygen atoms in total. The SMILES string of the molecule is COc1cc(C)c2cc(C(C)=Cc3ccc(C(=O)NCC(O)CCO)cc3)ccc2c1C. The highest BCUT2D eigenvalue weighted by molar-refractivity contribution is 5.95. The summed E-state index contributed by atoms with van der Waals surface area (Å²) in [5, 5.41) is 23.5. The molecule has 0 fully saturated rings. The van der Waals surface area contributed by atoms with Gasteiger partial charge in [-0.25, -0.2) is 0 Å². The standard InChI is InChI=1S/C27H31NO4/c1-17(22-9-10-24-19(3)26(32-4)14-18(2)25(24)15-22)13-20-5-7-21(8-6-20)27(31)28-16-23(30)11-12-29/h5-10,13-15,23,29-30H,11-12,16H2,1-4H3,(H,28,31). The highest BCUT2D eigenvalue weighted by atomic mass is 16.5. The first-order valence-electron chi connectivity index (χ1n) is 10.8. The molecule has 0 aliphatic carbocycles. The van der Waals surface area contributed by atoms with Gasteiger partial charge in [-0.1, -0.05) is 30.3 Å². The molecule has 0 saturated heterocycles. The number of carbonyl (C=O) groups excluding carboxylic acids is 1. The maximum atomic E-state index is 12.2. The van der Waals surface area contributed by atoms with Crippen molar-refractivity contribution in [2.45, 2.75) is 33.3 Å². The van der Waals surface area contributed by atoms with Crippen molar-refractivity contribution in [3.8, 4) is 5.75 Å². The van der Waals surface area contributed by atoms with Crippen molar-refractivity contribution in [2.75, 3.05) is 20.3 Å². The minimum atomic E-state index is -0.746. The molecule has 0 aliphatic heterocycles. The molecule has 1 unspecified atom stereocenters. The molecule has 0 saturated carbocycles. The zero-order valence-corrected chi connectivity index (χ0v) is 19.1. The zero-order chi connectivity index (χ0) is 23.3. The first kappa shape index (κ1) is 23.5. The van der Waals surface area contributed by atoms with Gasteiger partial charge in [0.1, 0.15) is 5.75 Å². The van der Waals surface area contributed by atoms with E-state index in [1.54, 1.807) is 19.2 Å². The van der Waals surface area contributed by atoms with E-state index in [1.165, 1.54) is 16.3 Å². The minimum Gasteiger partial charge on any atom is -0.496 e. The van der Waals surface area contributed by atoms with Gasteiger partial charge in [-0.2, -0.15) is 0 Å². The molecular formula is C27H31NO4. The number of hydrogen-bond acceptors (Lipinski definition) is 4. The average Bonchev–Trinajstić information content (AvgIpc) is 2.80. The Morgan fingerprint density at radius 3 is 2.41 bits per heavy atom. The normalized spacial score (nSPS) is 12.6. The number of ether oxygens (including phenoxy) is 1. The molecule has 0 bridgehead atoms. The van der Waals surface area contributed by atoms with Gasteiger partial charge in [0.15, 0.2) is 0 Å². The quantitative estimate of drug-likeness (QED) is 0.457. The summed E-state index contributed by atoms with van der Waals surface area (Å²) < 4.78 is 5.49. The molecule has 3 aromatic carbocycles. The largest absolute Gasteiger partial charge is 0.496 e. The van der Waals surface area contributed by atoms with Gasteiger partial charge in [0.2, 0.25) is 0 Å². The molecular weight excluding hydrogens is 402 g/mol. The third-order valence-corrected chi connectivity index (χ3v) is 5.76. The molecule has 5 heteroatoms. The lowest BCUT2D eigenvalue weighted by molar-refractivity contribution is 0.0889. The van der Waals surface area contributed by atoms with Crippen LogP contribution in [0.1, 0.15) is 46.0 Å². The van der Waals surface area contributed by atoms with E-state index in [0.717, 1.165) is 28.0 Å². The molecule has 0 radical (unpaired) electrons. The van der Waals surface area contributed by atoms with Gasteiger partial charge in [0.05, 0.1) is 13.2 Å². The first-order chi connectivity index (χ1) is 15.3. The number of aliphatic hydroxyl groups excluding tert-OH is 2. The summed E-state index contributed by atoms with van der Waals surface area (Å²) in [5.74, 6) is 0.659. The van der Waals surface area contributed by atoms with Crippen LogP contribution in [0.15, 0.2) is 48.5 Å². The lowest BCUT2D eigenvalue weighted by atomic mass is 9.95. The number of aryl methyl sites for hydroxylation is 2. The maximum absolute atomic E-state index is 12.2. The van der Waals surface area contributed by atoms with Gasteiger partial charge >= 0.3 is 0 Å². The molecule has 168 valence electrons. The lowest BCUT2D eigenvalue weighted by Gasteiger charge is -2.13. The van der Waals surface area contributed by atoms with Crippen molar-refractivity contribution in [3.05, 3.63) is 76.3 Å². The molecule has 0 aromatic heterocycles. The van der Waals surface area contributed by atoms with Crippen LogP contribution in [-0.4, -0.2) is 42.5 Å². The number of rotatable bonds is 8. The molecule has 0 heterocycles. The fourth-order valence-corrected chi connectivity index (χ4v) is 3.80. The molecule has 1 atom stereocenters. The molecule has 0 aliphatic rings. The molecule has 3 aromatic rings. The van der Waals surface area contributed by atoms with Crippen molar-refractivity contribution in [1.29, 1.82) is 0 Å². The Balaban J connectivity index is 1.78. The Bertz CT molecular complexity index is 1130. The van der Waals surface area contributed by atoms with Gasteiger partial charge in [0, 0.05) is 18.7 Å². The Morgan fingerprint density at radius 2 is 1.75 bits per heavy atom. The fourth-order valence-electron chi connectivity index (χ4n) is 3.80. The summed E-state index contributed by atoms with van der Waals surface area (Å²) in [6.45, 7) is 6.26. The monoisotopic (exact) mass is 433 g/mol. The topological polar surface area (TPSA) is 78.8 Å². The Hall–Kier alpha value is -3.15. The number of nitrogens with one attached hydrogen (secondary N) is 1. The van der Waals surface area contributed by atoms with Crippen LogP contribution in [0.5, 0.6) is 5.75 Å². The smallest absolute Gasteiger partial charge is 0.251 e. The van der Waals surface area contributed by atoms with Gasteiger partial charge in [-0.15, -0.1) is 0 Å². The van der Waals surface area contributed by atoms with Crippen LogP contribution in [0.25, 0.3) is 22.4 Å². The third-order valence-electron chi connectivity index (χ3n) is 5.76. The highest BCUT2D eigenvalue weighted by Gasteiger charge is 2.10. The van der Waals surface area contributed by atoms with Gasteiger partial charge in [-0.05, 0) is 90.1 Å². The summed E-state index contributed by atoms with van der Waals surface area (Å²) in [5.41, 5.74) is 6.12. The predicted molar refractivity (Wildman–Crippen MR) is 130 cm³/mol. The van der Waals surface area contributed by atoms with Crippen LogP contribution in [0.3, 0.4) is 0 Å². The van der Waals surface area contributed by atoms with Crippen molar-refractivity contribution < 1.29 is 19.7 Å². The van der Waals surface area contributed by atoms with Crippen LogP contribution in [0.2, 0.25) is 0 Å². The summed E-state index contributed by atoms with van der Waals surface area (Å²) in [7, 11) is 1.70. The second-order valence-corrected chi connectivity index (χ2v) is 8.11. The summed E-state index contributed by atoms with van der Waals surface area (Å²) in [4.78, 5) is 12.2. The van der Waals surface area contributed by atoms with Crippen molar-refractivity contribution in [2.24, 2.45) is 0 Å². The first-order valence-corrected chi connectivity index (χ1v) is 10.8. The number of carbonyl (C=O) groups is 1. The third kappa shape index (κ3) is 5.36. The van der Waals surface area contributed by atoms with Gasteiger partial charge < -0.3 is 20.3 Å². The van der Waals surface area contributed by atoms with E-state index >= 15 is 0 Å². The number of allylic oxidation sites excluding steroid dienone is 1. The van der Waals surface area contributed by atoms with E-state index in [1.807, 2.05) is 12.1 Å². The molecule has 3 rings (SSSR count). The maximum Gasteiger partial charge on any atom is 0.251 e. The van der Waals surface area contributed by atoms with Crippen LogP contribution in [0.4, 0.5) is 0 Å². The molecule has 1 amide bonds. The highest BCUT2D eigenvalue weighted by Crippen LogP contribution is 2.32. The Morgan fingerprint density at radius 1 is 1.06 bits per heavy atom. The minimum absolute atomic E-state index is 0.109. The number of hydrogen-bond donors (Lipinski definition) is 3. The Labute approximate surface area is 189 Å². The number of methoxy groups -OCH3 is 1. The van der Waals surface area contributed by atoms with Crippen molar-refractivity contribution in [1.82, 2.24) is 5.32 Å². The number of fused-ring (bicyclic) bond motifs is 1. The van der Waals surface area contributed by atoms with E-state index in [-0.39, 0.29) is 25.5 Å². The summed E-state index contributed by atoms with van der Waals surface area (Å²) in [6.07, 6.45) is 1.59. The zero-order valence-electron chi connectivity index (χ0n) is 19.1. The number of amides is 1. The van der Waals surface area contributed by atoms with Crippen LogP contribution >= 0.6 is 0 Å². The van der Waals surface area contributed by atoms with Crippen LogP contribution in [-0.2, 0) is 0 Å². The molecule has 32 heavy (non-hydrogen) atoms. The fraction of sp³-hybridized carbons (Fsp3) is 0.296. The van der Waals surface area contributed by atoms with Crippen molar-refractivity contribution >= 4 is 28.3 Å². The molecule has 0 spiro atoms. The predicted octanol–water partition coefficient (Wildman–Crippen LogP) is 4.50. The number of aliphatic hydroxyl groups is 2. The van der Waals surface area contributed by atoms with Gasteiger partial charge in [-0.3, -0.25) is 4.79 Å². The second-order valence-electron chi connectivity index (χ2n) is 8.11. The average molecular weight is 434 g/mol. The summed E-state index contributed by atoms with van der Waals surface area (Å²) in [6, 6.07) is 15.9. The van der Waals surface area contributed by atoms with Crippen LogP contribution in [0, 0.1) is 13.8 Å². The van der Waals surface area contributed by atoms with E-state index in [2.05, 4.69) is 56.4 Å². The lowest BCUT2D eigenvalue weighted by Crippen LogP contribution is -2.32. The van der Waals surface area contributed by atoms with E-state index in [0.29, 0.717) is 5.56 Å². The van der Waals surface area contributed by atoms with Crippen molar-refractivity contribution in [3.63, 3.8) is 0 Å². The van der Waals surface area contributed by atoms with Gasteiger partial charge in [0.25, 0.3) is 5.91 Å². The molecule has 3 N–H and O–H groups in total. The Kier molecular flexibility index (Phi) is 7.67. The summed E-state index contributed by atoms with van der Waals surface area (Å²) >= 11 is 0. The number of benzene rings is 3. The van der Waals surface area contributed by atoms with Crippen LogP contribution < -0.4 is 10.1 Å². The van der Waals surface area contributed by atoms with E-state index < -0.39 is 6.10 Å². The second kappa shape index (κ2) is 10.4.